The number of aryl methyl sites for hydroxylation is 1. The Kier molecular flexibility index (Phi) is 5.11. The van der Waals surface area contributed by atoms with Crippen molar-refractivity contribution in [2.24, 2.45) is 0 Å². The first kappa shape index (κ1) is 17.9. The third-order valence-electron chi connectivity index (χ3n) is 4.33. The number of aromatic nitrogens is 1. The minimum absolute atomic E-state index is 0.0586. The van der Waals surface area contributed by atoms with E-state index in [9.17, 15) is 8.42 Å². The SMILES string of the molecule is Cc1ccc(S(=O)(=O)N2CCC[C@@H]2c2ccc(OC(C)C)nc2)cc1. The minimum Gasteiger partial charge on any atom is -0.475 e. The smallest absolute Gasteiger partial charge is 0.243 e. The number of hydrogen-bond acceptors (Lipinski definition) is 4. The second kappa shape index (κ2) is 7.14. The number of benzene rings is 1. The molecule has 0 amide bonds. The van der Waals surface area contributed by atoms with Crippen LogP contribution in [0.15, 0.2) is 47.5 Å². The maximum absolute atomic E-state index is 13.0. The first-order chi connectivity index (χ1) is 11.9. The predicted molar refractivity (Wildman–Crippen MR) is 97.0 cm³/mol. The van der Waals surface area contributed by atoms with Crippen molar-refractivity contribution in [1.82, 2.24) is 9.29 Å². The molecule has 0 radical (unpaired) electrons. The molecule has 25 heavy (non-hydrogen) atoms. The summed E-state index contributed by atoms with van der Waals surface area (Å²) in [7, 11) is -3.51. The van der Waals surface area contributed by atoms with Gasteiger partial charge in [-0.3, -0.25) is 0 Å². The third-order valence-corrected chi connectivity index (χ3v) is 6.25. The number of hydrogen-bond donors (Lipinski definition) is 0. The summed E-state index contributed by atoms with van der Waals surface area (Å²) in [6.45, 7) is 6.37. The van der Waals surface area contributed by atoms with Crippen molar-refractivity contribution in [3.63, 3.8) is 0 Å². The second-order valence-corrected chi connectivity index (χ2v) is 8.57. The van der Waals surface area contributed by atoms with Crippen LogP contribution in [-0.4, -0.2) is 30.4 Å². The fourth-order valence-electron chi connectivity index (χ4n) is 3.11. The van der Waals surface area contributed by atoms with Gasteiger partial charge in [-0.05, 0) is 51.3 Å². The van der Waals surface area contributed by atoms with E-state index in [0.717, 1.165) is 24.0 Å². The van der Waals surface area contributed by atoms with Crippen LogP contribution in [-0.2, 0) is 10.0 Å². The van der Waals surface area contributed by atoms with E-state index in [1.54, 1.807) is 22.6 Å². The molecule has 0 spiro atoms. The summed E-state index contributed by atoms with van der Waals surface area (Å²) in [6, 6.07) is 10.6. The first-order valence-electron chi connectivity index (χ1n) is 8.59. The van der Waals surface area contributed by atoms with E-state index >= 15 is 0 Å². The van der Waals surface area contributed by atoms with Crippen LogP contribution in [0.3, 0.4) is 0 Å². The van der Waals surface area contributed by atoms with Crippen LogP contribution in [0.2, 0.25) is 0 Å². The van der Waals surface area contributed by atoms with Crippen molar-refractivity contribution in [2.45, 2.75) is 50.7 Å². The maximum Gasteiger partial charge on any atom is 0.243 e. The number of sulfonamides is 1. The Hall–Kier alpha value is -1.92. The van der Waals surface area contributed by atoms with Crippen LogP contribution in [0.1, 0.15) is 43.9 Å². The molecular formula is C19H24N2O3S. The Morgan fingerprint density at radius 3 is 2.48 bits per heavy atom. The Morgan fingerprint density at radius 2 is 1.88 bits per heavy atom. The van der Waals surface area contributed by atoms with E-state index in [4.69, 9.17) is 4.74 Å². The van der Waals surface area contributed by atoms with Gasteiger partial charge in [-0.1, -0.05) is 23.8 Å². The Morgan fingerprint density at radius 1 is 1.16 bits per heavy atom. The molecule has 1 aromatic heterocycles. The Balaban J connectivity index is 1.86. The molecule has 1 fully saturated rings. The number of rotatable bonds is 5. The fourth-order valence-corrected chi connectivity index (χ4v) is 4.79. The lowest BCUT2D eigenvalue weighted by atomic mass is 10.1. The Bertz CT molecular complexity index is 815. The van der Waals surface area contributed by atoms with Crippen molar-refractivity contribution >= 4 is 10.0 Å². The van der Waals surface area contributed by atoms with Gasteiger partial charge in [-0.25, -0.2) is 13.4 Å². The van der Waals surface area contributed by atoms with Crippen molar-refractivity contribution < 1.29 is 13.2 Å². The molecule has 1 aliphatic rings. The molecule has 3 rings (SSSR count). The molecule has 0 aliphatic carbocycles. The summed E-state index contributed by atoms with van der Waals surface area (Å²) in [5, 5.41) is 0. The fraction of sp³-hybridized carbons (Fsp3) is 0.421. The molecule has 0 saturated carbocycles. The first-order valence-corrected chi connectivity index (χ1v) is 10.0. The molecule has 0 unspecified atom stereocenters. The van der Waals surface area contributed by atoms with Crippen molar-refractivity contribution in [3.05, 3.63) is 53.7 Å². The van der Waals surface area contributed by atoms with Gasteiger partial charge in [0.05, 0.1) is 17.0 Å². The molecule has 6 heteroatoms. The van der Waals surface area contributed by atoms with E-state index in [0.29, 0.717) is 17.3 Å². The van der Waals surface area contributed by atoms with E-state index in [1.807, 2.05) is 45.0 Å². The van der Waals surface area contributed by atoms with Crippen LogP contribution < -0.4 is 4.74 Å². The highest BCUT2D eigenvalue weighted by molar-refractivity contribution is 7.89. The van der Waals surface area contributed by atoms with Crippen LogP contribution in [0.25, 0.3) is 0 Å². The molecular weight excluding hydrogens is 336 g/mol. The molecule has 2 heterocycles. The highest BCUT2D eigenvalue weighted by atomic mass is 32.2. The van der Waals surface area contributed by atoms with Crippen LogP contribution >= 0.6 is 0 Å². The zero-order valence-corrected chi connectivity index (χ0v) is 15.7. The number of nitrogens with zero attached hydrogens (tertiary/aromatic N) is 2. The van der Waals surface area contributed by atoms with E-state index < -0.39 is 10.0 Å². The summed E-state index contributed by atoms with van der Waals surface area (Å²) in [5.41, 5.74) is 1.95. The molecule has 1 saturated heterocycles. The van der Waals surface area contributed by atoms with Gasteiger partial charge in [-0.2, -0.15) is 4.31 Å². The zero-order chi connectivity index (χ0) is 18.0. The monoisotopic (exact) mass is 360 g/mol. The molecule has 1 aliphatic heterocycles. The third kappa shape index (κ3) is 3.85. The largest absolute Gasteiger partial charge is 0.475 e. The van der Waals surface area contributed by atoms with Crippen molar-refractivity contribution in [2.75, 3.05) is 6.54 Å². The average Bonchev–Trinajstić information content (AvgIpc) is 3.06. The van der Waals surface area contributed by atoms with Crippen LogP contribution in [0, 0.1) is 6.92 Å². The van der Waals surface area contributed by atoms with Gasteiger partial charge in [0.25, 0.3) is 0 Å². The summed E-state index contributed by atoms with van der Waals surface area (Å²) in [4.78, 5) is 4.67. The van der Waals surface area contributed by atoms with Gasteiger partial charge in [0, 0.05) is 18.8 Å². The highest BCUT2D eigenvalue weighted by Gasteiger charge is 2.36. The lowest BCUT2D eigenvalue weighted by Crippen LogP contribution is -2.30. The van der Waals surface area contributed by atoms with Gasteiger partial charge in [0.1, 0.15) is 0 Å². The molecule has 2 aromatic rings. The van der Waals surface area contributed by atoms with Crippen LogP contribution in [0.5, 0.6) is 5.88 Å². The lowest BCUT2D eigenvalue weighted by Gasteiger charge is -2.24. The number of pyridine rings is 1. The second-order valence-electron chi connectivity index (χ2n) is 6.68. The number of ether oxygens (including phenoxy) is 1. The average molecular weight is 360 g/mol. The Labute approximate surface area is 149 Å². The molecule has 1 aromatic carbocycles. The van der Waals surface area contributed by atoms with E-state index in [2.05, 4.69) is 4.98 Å². The highest BCUT2D eigenvalue weighted by Crippen LogP contribution is 2.36. The van der Waals surface area contributed by atoms with Crippen molar-refractivity contribution in [1.29, 1.82) is 0 Å². The van der Waals surface area contributed by atoms with E-state index in [1.165, 1.54) is 0 Å². The zero-order valence-electron chi connectivity index (χ0n) is 14.8. The summed E-state index contributed by atoms with van der Waals surface area (Å²) >= 11 is 0. The predicted octanol–water partition coefficient (Wildman–Crippen LogP) is 3.70. The van der Waals surface area contributed by atoms with Gasteiger partial charge in [0.2, 0.25) is 15.9 Å². The topological polar surface area (TPSA) is 59.5 Å². The molecule has 0 N–H and O–H groups in total. The molecule has 5 nitrogen and oxygen atoms in total. The maximum atomic E-state index is 13.0. The van der Waals surface area contributed by atoms with Gasteiger partial charge >= 0.3 is 0 Å². The lowest BCUT2D eigenvalue weighted by molar-refractivity contribution is 0.232. The van der Waals surface area contributed by atoms with Crippen LogP contribution in [0.4, 0.5) is 0 Å². The molecule has 134 valence electrons. The standard InChI is InChI=1S/C19H24N2O3S/c1-14(2)24-19-11-8-16(13-20-19)18-5-4-12-21(18)25(22,23)17-9-6-15(3)7-10-17/h6-11,13-14,18H,4-5,12H2,1-3H3/t18-/m1/s1. The summed E-state index contributed by atoms with van der Waals surface area (Å²) < 4.78 is 33.2. The summed E-state index contributed by atoms with van der Waals surface area (Å²) in [6.07, 6.45) is 3.44. The minimum atomic E-state index is -3.51. The van der Waals surface area contributed by atoms with E-state index in [-0.39, 0.29) is 12.1 Å². The molecule has 1 atom stereocenters. The normalized spacial score (nSPS) is 18.6. The van der Waals surface area contributed by atoms with Gasteiger partial charge in [-0.15, -0.1) is 0 Å². The van der Waals surface area contributed by atoms with Crippen molar-refractivity contribution in [3.8, 4) is 5.88 Å². The quantitative estimate of drug-likeness (QED) is 0.816. The summed E-state index contributed by atoms with van der Waals surface area (Å²) in [5.74, 6) is 0.560. The molecule has 0 bridgehead atoms. The van der Waals surface area contributed by atoms with Gasteiger partial charge < -0.3 is 4.74 Å². The van der Waals surface area contributed by atoms with Gasteiger partial charge in [0.15, 0.2) is 0 Å².